The summed E-state index contributed by atoms with van der Waals surface area (Å²) in [6, 6.07) is 3.51. The van der Waals surface area contributed by atoms with Crippen LogP contribution in [0.4, 0.5) is 5.82 Å². The first-order valence-corrected chi connectivity index (χ1v) is 8.75. The van der Waals surface area contributed by atoms with E-state index in [0.717, 1.165) is 32.2 Å². The Labute approximate surface area is 121 Å². The van der Waals surface area contributed by atoms with E-state index in [0.29, 0.717) is 12.4 Å². The molecule has 0 aliphatic heterocycles. The second-order valence-corrected chi connectivity index (χ2v) is 6.95. The molecule has 1 aromatic rings. The van der Waals surface area contributed by atoms with Gasteiger partial charge in [0.05, 0.1) is 0 Å². The molecule has 0 amide bonds. The van der Waals surface area contributed by atoms with Crippen molar-refractivity contribution in [3.8, 4) is 0 Å². The van der Waals surface area contributed by atoms with Crippen molar-refractivity contribution in [2.75, 3.05) is 18.4 Å². The summed E-state index contributed by atoms with van der Waals surface area (Å²) in [6.45, 7) is 5.16. The van der Waals surface area contributed by atoms with E-state index in [2.05, 4.69) is 10.3 Å². The first-order chi connectivity index (χ1) is 9.59. The van der Waals surface area contributed by atoms with E-state index in [-0.39, 0.29) is 10.9 Å². The van der Waals surface area contributed by atoms with Gasteiger partial charge in [0.2, 0.25) is 10.0 Å². The molecule has 6 heteroatoms. The molecule has 0 atom stereocenters. The summed E-state index contributed by atoms with van der Waals surface area (Å²) in [4.78, 5) is 4.45. The summed E-state index contributed by atoms with van der Waals surface area (Å²) in [5.74, 6) is 0.704. The maximum absolute atomic E-state index is 12.7. The Kier molecular flexibility index (Phi) is 4.99. The van der Waals surface area contributed by atoms with Crippen molar-refractivity contribution in [1.29, 1.82) is 0 Å². The second-order valence-electron chi connectivity index (χ2n) is 5.06. The fourth-order valence-corrected chi connectivity index (χ4v) is 4.41. The van der Waals surface area contributed by atoms with E-state index < -0.39 is 10.0 Å². The van der Waals surface area contributed by atoms with E-state index in [1.165, 1.54) is 6.20 Å². The fraction of sp³-hybridized carbons (Fsp3) is 0.643. The van der Waals surface area contributed by atoms with Gasteiger partial charge in [0, 0.05) is 25.3 Å². The van der Waals surface area contributed by atoms with E-state index in [4.69, 9.17) is 0 Å². The molecular formula is C14H23N3O2S. The Morgan fingerprint density at radius 2 is 2.00 bits per heavy atom. The topological polar surface area (TPSA) is 62.3 Å². The van der Waals surface area contributed by atoms with Gasteiger partial charge in [-0.25, -0.2) is 13.4 Å². The molecule has 0 unspecified atom stereocenters. The number of hydrogen-bond acceptors (Lipinski definition) is 4. The summed E-state index contributed by atoms with van der Waals surface area (Å²) in [7, 11) is -3.42. The number of pyridine rings is 1. The van der Waals surface area contributed by atoms with Crippen LogP contribution in [0.5, 0.6) is 0 Å². The van der Waals surface area contributed by atoms with Gasteiger partial charge in [0.25, 0.3) is 0 Å². The van der Waals surface area contributed by atoms with Gasteiger partial charge in [-0.1, -0.05) is 19.8 Å². The molecule has 1 heterocycles. The summed E-state index contributed by atoms with van der Waals surface area (Å²) in [5.41, 5.74) is 0. The standard InChI is InChI=1S/C14H23N3O2S/c1-3-15-14-10-9-13(11-16-14)20(18,19)17(4-2)12-7-5-6-8-12/h9-12H,3-8H2,1-2H3,(H,15,16). The predicted octanol–water partition coefficient (Wildman–Crippen LogP) is 2.47. The van der Waals surface area contributed by atoms with Crippen LogP contribution in [0.2, 0.25) is 0 Å². The van der Waals surface area contributed by atoms with Crippen molar-refractivity contribution in [2.45, 2.75) is 50.5 Å². The van der Waals surface area contributed by atoms with E-state index in [9.17, 15) is 8.42 Å². The molecule has 20 heavy (non-hydrogen) atoms. The third-order valence-electron chi connectivity index (χ3n) is 3.74. The normalized spacial score (nSPS) is 16.8. The molecule has 0 saturated heterocycles. The van der Waals surface area contributed by atoms with Crippen LogP contribution in [0.15, 0.2) is 23.2 Å². The lowest BCUT2D eigenvalue weighted by molar-refractivity contribution is 0.335. The summed E-state index contributed by atoms with van der Waals surface area (Å²) < 4.78 is 27.0. The number of aromatic nitrogens is 1. The van der Waals surface area contributed by atoms with Gasteiger partial charge < -0.3 is 5.32 Å². The Morgan fingerprint density at radius 1 is 1.30 bits per heavy atom. The van der Waals surface area contributed by atoms with Crippen molar-refractivity contribution in [1.82, 2.24) is 9.29 Å². The van der Waals surface area contributed by atoms with Crippen LogP contribution in [0.3, 0.4) is 0 Å². The summed E-state index contributed by atoms with van der Waals surface area (Å²) in [5, 5.41) is 3.06. The van der Waals surface area contributed by atoms with Gasteiger partial charge in [-0.15, -0.1) is 0 Å². The number of nitrogens with one attached hydrogen (secondary N) is 1. The zero-order valence-corrected chi connectivity index (χ0v) is 13.0. The summed E-state index contributed by atoms with van der Waals surface area (Å²) in [6.07, 6.45) is 5.62. The Balaban J connectivity index is 2.23. The average molecular weight is 297 g/mol. The van der Waals surface area contributed by atoms with Gasteiger partial charge in [0.1, 0.15) is 10.7 Å². The van der Waals surface area contributed by atoms with Crippen molar-refractivity contribution in [3.05, 3.63) is 18.3 Å². The van der Waals surface area contributed by atoms with Gasteiger partial charge in [-0.2, -0.15) is 4.31 Å². The molecule has 1 aromatic heterocycles. The van der Waals surface area contributed by atoms with Crippen LogP contribution in [-0.2, 0) is 10.0 Å². The number of nitrogens with zero attached hydrogens (tertiary/aromatic N) is 2. The van der Waals surface area contributed by atoms with Crippen LogP contribution in [0, 0.1) is 0 Å². The van der Waals surface area contributed by atoms with Crippen LogP contribution < -0.4 is 5.32 Å². The lowest BCUT2D eigenvalue weighted by atomic mass is 10.2. The minimum atomic E-state index is -3.42. The summed E-state index contributed by atoms with van der Waals surface area (Å²) >= 11 is 0. The molecule has 1 fully saturated rings. The smallest absolute Gasteiger partial charge is 0.244 e. The molecule has 0 spiro atoms. The molecule has 0 radical (unpaired) electrons. The highest BCUT2D eigenvalue weighted by molar-refractivity contribution is 7.89. The zero-order valence-electron chi connectivity index (χ0n) is 12.2. The molecule has 1 N–H and O–H groups in total. The molecule has 2 rings (SSSR count). The average Bonchev–Trinajstić information content (AvgIpc) is 2.94. The van der Waals surface area contributed by atoms with Crippen molar-refractivity contribution in [2.24, 2.45) is 0 Å². The highest BCUT2D eigenvalue weighted by Gasteiger charge is 2.32. The van der Waals surface area contributed by atoms with E-state index in [1.807, 2.05) is 13.8 Å². The van der Waals surface area contributed by atoms with Crippen molar-refractivity contribution < 1.29 is 8.42 Å². The Morgan fingerprint density at radius 3 is 2.50 bits per heavy atom. The SMILES string of the molecule is CCNc1ccc(S(=O)(=O)N(CC)C2CCCC2)cn1. The predicted molar refractivity (Wildman–Crippen MR) is 80.2 cm³/mol. The van der Waals surface area contributed by atoms with Gasteiger partial charge in [-0.05, 0) is 31.9 Å². The van der Waals surface area contributed by atoms with Crippen molar-refractivity contribution in [3.63, 3.8) is 0 Å². The maximum Gasteiger partial charge on any atom is 0.244 e. The minimum Gasteiger partial charge on any atom is -0.370 e. The van der Waals surface area contributed by atoms with Crippen LogP contribution in [0.25, 0.3) is 0 Å². The highest BCUT2D eigenvalue weighted by Crippen LogP contribution is 2.28. The maximum atomic E-state index is 12.7. The molecule has 1 aliphatic rings. The zero-order chi connectivity index (χ0) is 14.6. The van der Waals surface area contributed by atoms with E-state index in [1.54, 1.807) is 16.4 Å². The van der Waals surface area contributed by atoms with Crippen LogP contribution >= 0.6 is 0 Å². The van der Waals surface area contributed by atoms with Gasteiger partial charge >= 0.3 is 0 Å². The fourth-order valence-electron chi connectivity index (χ4n) is 2.77. The first kappa shape index (κ1) is 15.3. The molecule has 1 saturated carbocycles. The Bertz CT molecular complexity index is 522. The quantitative estimate of drug-likeness (QED) is 0.876. The molecule has 1 aliphatic carbocycles. The molecule has 5 nitrogen and oxygen atoms in total. The molecule has 0 bridgehead atoms. The largest absolute Gasteiger partial charge is 0.370 e. The van der Waals surface area contributed by atoms with Crippen molar-refractivity contribution >= 4 is 15.8 Å². The minimum absolute atomic E-state index is 0.151. The molecule has 0 aromatic carbocycles. The molecule has 112 valence electrons. The number of anilines is 1. The third kappa shape index (κ3) is 3.12. The van der Waals surface area contributed by atoms with Crippen LogP contribution in [-0.4, -0.2) is 36.8 Å². The van der Waals surface area contributed by atoms with Gasteiger partial charge in [0.15, 0.2) is 0 Å². The third-order valence-corrected chi connectivity index (χ3v) is 5.76. The van der Waals surface area contributed by atoms with Gasteiger partial charge in [-0.3, -0.25) is 0 Å². The highest BCUT2D eigenvalue weighted by atomic mass is 32.2. The number of sulfonamides is 1. The lowest BCUT2D eigenvalue weighted by Gasteiger charge is -2.26. The first-order valence-electron chi connectivity index (χ1n) is 7.31. The second kappa shape index (κ2) is 6.54. The lowest BCUT2D eigenvalue weighted by Crippen LogP contribution is -2.38. The number of rotatable bonds is 6. The Hall–Kier alpha value is -1.14. The monoisotopic (exact) mass is 297 g/mol. The molecular weight excluding hydrogens is 274 g/mol. The van der Waals surface area contributed by atoms with E-state index >= 15 is 0 Å². The van der Waals surface area contributed by atoms with Crippen LogP contribution in [0.1, 0.15) is 39.5 Å². The number of hydrogen-bond donors (Lipinski definition) is 1.